The Bertz CT molecular complexity index is 605. The molecule has 0 N–H and O–H groups in total. The van der Waals surface area contributed by atoms with E-state index in [9.17, 15) is 4.39 Å². The summed E-state index contributed by atoms with van der Waals surface area (Å²) in [6.07, 6.45) is 0. The first-order chi connectivity index (χ1) is 8.16. The third kappa shape index (κ3) is 1.78. The molecule has 1 heterocycles. The third-order valence-corrected chi connectivity index (χ3v) is 5.53. The molecular weight excluding hydrogens is 251 g/mol. The molecule has 1 aliphatic heterocycles. The Kier molecular flexibility index (Phi) is 2.68. The van der Waals surface area contributed by atoms with Gasteiger partial charge in [-0.25, -0.2) is 4.39 Å². The molecule has 2 aromatic carbocycles. The van der Waals surface area contributed by atoms with Crippen LogP contribution in [0.15, 0.2) is 49.9 Å². The highest BCUT2D eigenvalue weighted by atomic mass is 32.2. The zero-order valence-corrected chi connectivity index (χ0v) is 11.2. The van der Waals surface area contributed by atoms with E-state index in [1.54, 1.807) is 11.8 Å². The number of fused-ring (bicyclic) bond motifs is 2. The van der Waals surface area contributed by atoms with Crippen LogP contribution in [0.25, 0.3) is 0 Å². The van der Waals surface area contributed by atoms with Crippen LogP contribution >= 0.6 is 23.5 Å². The minimum atomic E-state index is -0.0630. The number of rotatable bonds is 0. The topological polar surface area (TPSA) is 0 Å². The molecule has 2 aromatic rings. The first kappa shape index (κ1) is 11.2. The fraction of sp³-hybridized carbons (Fsp3) is 0.143. The summed E-state index contributed by atoms with van der Waals surface area (Å²) in [5, 5.41) is 0. The molecule has 1 aliphatic rings. The van der Waals surface area contributed by atoms with E-state index in [1.807, 2.05) is 32.0 Å². The normalized spacial score (nSPS) is 13.1. The van der Waals surface area contributed by atoms with Gasteiger partial charge in [-0.1, -0.05) is 35.7 Å². The Hall–Kier alpha value is -0.930. The van der Waals surface area contributed by atoms with E-state index < -0.39 is 0 Å². The fourth-order valence-corrected chi connectivity index (χ4v) is 4.25. The van der Waals surface area contributed by atoms with Gasteiger partial charge in [0.2, 0.25) is 0 Å². The summed E-state index contributed by atoms with van der Waals surface area (Å²) in [5.41, 5.74) is 1.78. The maximum absolute atomic E-state index is 14.2. The van der Waals surface area contributed by atoms with Crippen molar-refractivity contribution in [1.29, 1.82) is 0 Å². The van der Waals surface area contributed by atoms with Crippen molar-refractivity contribution in [3.05, 3.63) is 47.3 Å². The van der Waals surface area contributed by atoms with Crippen LogP contribution in [0.5, 0.6) is 0 Å². The van der Waals surface area contributed by atoms with Gasteiger partial charge in [0.15, 0.2) is 0 Å². The zero-order chi connectivity index (χ0) is 12.0. The predicted octanol–water partition coefficient (Wildman–Crippen LogP) is 5.06. The van der Waals surface area contributed by atoms with Crippen LogP contribution in [-0.4, -0.2) is 0 Å². The molecule has 17 heavy (non-hydrogen) atoms. The Morgan fingerprint density at radius 2 is 1.59 bits per heavy atom. The number of hydrogen-bond donors (Lipinski definition) is 0. The number of hydrogen-bond acceptors (Lipinski definition) is 2. The van der Waals surface area contributed by atoms with Crippen molar-refractivity contribution in [1.82, 2.24) is 0 Å². The largest absolute Gasteiger partial charge is 0.205 e. The molecule has 0 amide bonds. The molecule has 3 heteroatoms. The number of halogens is 1. The quantitative estimate of drug-likeness (QED) is 0.555. The average molecular weight is 262 g/mol. The van der Waals surface area contributed by atoms with Crippen molar-refractivity contribution >= 4 is 23.5 Å². The first-order valence-electron chi connectivity index (χ1n) is 5.41. The Balaban J connectivity index is 2.18. The fourth-order valence-electron chi connectivity index (χ4n) is 1.84. The van der Waals surface area contributed by atoms with Gasteiger partial charge in [0.05, 0.1) is 4.90 Å². The molecule has 0 unspecified atom stereocenters. The molecule has 0 saturated heterocycles. The van der Waals surface area contributed by atoms with Gasteiger partial charge in [-0.05, 0) is 43.2 Å². The minimum absolute atomic E-state index is 0.0630. The van der Waals surface area contributed by atoms with Gasteiger partial charge in [-0.15, -0.1) is 0 Å². The Labute approximate surface area is 109 Å². The monoisotopic (exact) mass is 262 g/mol. The highest BCUT2D eigenvalue weighted by Gasteiger charge is 2.21. The molecule has 0 aliphatic carbocycles. The van der Waals surface area contributed by atoms with Crippen molar-refractivity contribution in [2.75, 3.05) is 0 Å². The van der Waals surface area contributed by atoms with Gasteiger partial charge in [0.1, 0.15) is 5.82 Å². The summed E-state index contributed by atoms with van der Waals surface area (Å²) in [6.45, 7) is 3.81. The highest BCUT2D eigenvalue weighted by Crippen LogP contribution is 2.50. The van der Waals surface area contributed by atoms with Crippen molar-refractivity contribution in [2.24, 2.45) is 0 Å². The molecule has 0 nitrogen and oxygen atoms in total. The highest BCUT2D eigenvalue weighted by molar-refractivity contribution is 8.05. The molecule has 0 aromatic heterocycles. The molecule has 86 valence electrons. The number of aryl methyl sites for hydroxylation is 1. The molecule has 0 fully saturated rings. The van der Waals surface area contributed by atoms with Crippen molar-refractivity contribution < 1.29 is 4.39 Å². The summed E-state index contributed by atoms with van der Waals surface area (Å²) in [6, 6.07) is 10.2. The van der Waals surface area contributed by atoms with Gasteiger partial charge in [-0.3, -0.25) is 0 Å². The average Bonchev–Trinajstić information content (AvgIpc) is 2.34. The molecule has 0 bridgehead atoms. The van der Waals surface area contributed by atoms with Crippen LogP contribution in [0.4, 0.5) is 4.39 Å². The SMILES string of the molecule is Cc1cc2c(c(F)c1C)Sc1ccccc1S2. The second kappa shape index (κ2) is 4.07. The van der Waals surface area contributed by atoms with Gasteiger partial charge in [-0.2, -0.15) is 0 Å². The maximum Gasteiger partial charge on any atom is 0.141 e. The van der Waals surface area contributed by atoms with Crippen LogP contribution in [-0.2, 0) is 0 Å². The van der Waals surface area contributed by atoms with Crippen LogP contribution in [0, 0.1) is 19.7 Å². The maximum atomic E-state index is 14.2. The van der Waals surface area contributed by atoms with E-state index in [2.05, 4.69) is 12.1 Å². The number of benzene rings is 2. The van der Waals surface area contributed by atoms with Crippen molar-refractivity contribution in [3.8, 4) is 0 Å². The molecule has 3 rings (SSSR count). The second-order valence-electron chi connectivity index (χ2n) is 4.11. The first-order valence-corrected chi connectivity index (χ1v) is 7.04. The summed E-state index contributed by atoms with van der Waals surface area (Å²) in [7, 11) is 0. The predicted molar refractivity (Wildman–Crippen MR) is 70.6 cm³/mol. The standard InChI is InChI=1S/C14H11FS2/c1-8-7-12-14(13(15)9(8)2)17-11-6-4-3-5-10(11)16-12/h3-7H,1-2H3. The smallest absolute Gasteiger partial charge is 0.141 e. The zero-order valence-electron chi connectivity index (χ0n) is 9.58. The lowest BCUT2D eigenvalue weighted by Gasteiger charge is -2.20. The van der Waals surface area contributed by atoms with Gasteiger partial charge < -0.3 is 0 Å². The molecule has 0 radical (unpaired) electrons. The lowest BCUT2D eigenvalue weighted by atomic mass is 10.1. The van der Waals surface area contributed by atoms with Crippen LogP contribution in [0.2, 0.25) is 0 Å². The Morgan fingerprint density at radius 1 is 0.941 bits per heavy atom. The Morgan fingerprint density at radius 3 is 2.29 bits per heavy atom. The lowest BCUT2D eigenvalue weighted by molar-refractivity contribution is 0.582. The van der Waals surface area contributed by atoms with Crippen molar-refractivity contribution in [2.45, 2.75) is 33.4 Å². The van der Waals surface area contributed by atoms with E-state index in [1.165, 1.54) is 16.7 Å². The van der Waals surface area contributed by atoms with Gasteiger partial charge in [0.25, 0.3) is 0 Å². The van der Waals surface area contributed by atoms with Crippen molar-refractivity contribution in [3.63, 3.8) is 0 Å². The second-order valence-corrected chi connectivity index (χ2v) is 6.25. The molecule has 0 saturated carbocycles. The molecule has 0 atom stereocenters. The van der Waals surface area contributed by atoms with E-state index in [-0.39, 0.29) is 5.82 Å². The lowest BCUT2D eigenvalue weighted by Crippen LogP contribution is -1.97. The van der Waals surface area contributed by atoms with E-state index in [0.29, 0.717) is 0 Å². The third-order valence-electron chi connectivity index (χ3n) is 2.97. The molecular formula is C14H11FS2. The van der Waals surface area contributed by atoms with E-state index in [0.717, 1.165) is 25.8 Å². The van der Waals surface area contributed by atoms with E-state index >= 15 is 0 Å². The summed E-state index contributed by atoms with van der Waals surface area (Å²) in [5.74, 6) is -0.0630. The summed E-state index contributed by atoms with van der Waals surface area (Å²) >= 11 is 3.19. The van der Waals surface area contributed by atoms with Gasteiger partial charge >= 0.3 is 0 Å². The summed E-state index contributed by atoms with van der Waals surface area (Å²) in [4.78, 5) is 4.17. The van der Waals surface area contributed by atoms with Crippen LogP contribution in [0.1, 0.15) is 11.1 Å². The van der Waals surface area contributed by atoms with E-state index in [4.69, 9.17) is 0 Å². The summed E-state index contributed by atoms with van der Waals surface area (Å²) < 4.78 is 14.2. The van der Waals surface area contributed by atoms with Gasteiger partial charge in [0, 0.05) is 14.7 Å². The van der Waals surface area contributed by atoms with Crippen LogP contribution in [0.3, 0.4) is 0 Å². The molecule has 0 spiro atoms. The minimum Gasteiger partial charge on any atom is -0.205 e. The van der Waals surface area contributed by atoms with Crippen LogP contribution < -0.4 is 0 Å².